The highest BCUT2D eigenvalue weighted by Crippen LogP contribution is 2.39. The lowest BCUT2D eigenvalue weighted by atomic mass is 10.1. The molecule has 0 saturated carbocycles. The van der Waals surface area contributed by atoms with Gasteiger partial charge in [-0.05, 0) is 12.1 Å². The van der Waals surface area contributed by atoms with Crippen LogP contribution >= 0.6 is 11.8 Å². The monoisotopic (exact) mass is 543 g/mol. The van der Waals surface area contributed by atoms with Crippen LogP contribution in [0.3, 0.4) is 0 Å². The molecule has 1 aliphatic rings. The van der Waals surface area contributed by atoms with E-state index < -0.39 is 42.4 Å². The Hall–Kier alpha value is -4.04. The van der Waals surface area contributed by atoms with Crippen molar-refractivity contribution >= 4 is 41.0 Å². The molecular formula is C24H25N5O8S. The molecule has 2 aromatic heterocycles. The first-order valence-corrected chi connectivity index (χ1v) is 12.4. The van der Waals surface area contributed by atoms with Crippen LogP contribution in [0.15, 0.2) is 51.1 Å². The molecule has 0 aliphatic carbocycles. The molecule has 0 unspecified atom stereocenters. The maximum atomic E-state index is 12.0. The Labute approximate surface area is 221 Å². The van der Waals surface area contributed by atoms with E-state index in [1.807, 2.05) is 30.3 Å². The number of imidazole rings is 1. The van der Waals surface area contributed by atoms with Crippen LogP contribution in [-0.4, -0.2) is 68.1 Å². The fourth-order valence-corrected chi connectivity index (χ4v) is 4.36. The van der Waals surface area contributed by atoms with Crippen molar-refractivity contribution < 1.29 is 37.9 Å². The topological polar surface area (TPSA) is 157 Å². The van der Waals surface area contributed by atoms with Gasteiger partial charge in [-0.1, -0.05) is 35.1 Å². The van der Waals surface area contributed by atoms with Gasteiger partial charge >= 0.3 is 17.9 Å². The van der Waals surface area contributed by atoms with Crippen LogP contribution in [-0.2, 0) is 33.3 Å². The molecule has 0 spiro atoms. The molecule has 1 saturated heterocycles. The number of carbonyl (C=O) groups is 3. The molecule has 4 rings (SSSR count). The van der Waals surface area contributed by atoms with Crippen molar-refractivity contribution in [2.24, 2.45) is 4.99 Å². The zero-order valence-electron chi connectivity index (χ0n) is 21.0. The molecule has 0 bridgehead atoms. The van der Waals surface area contributed by atoms with Gasteiger partial charge < -0.3 is 23.5 Å². The van der Waals surface area contributed by atoms with Crippen LogP contribution in [0.4, 0.5) is 5.82 Å². The lowest BCUT2D eigenvalue weighted by Gasteiger charge is -2.24. The first-order chi connectivity index (χ1) is 18.2. The number of hydrogen-bond acceptors (Lipinski definition) is 13. The molecule has 13 nitrogen and oxygen atoms in total. The van der Waals surface area contributed by atoms with Crippen molar-refractivity contribution in [3.8, 4) is 11.5 Å². The summed E-state index contributed by atoms with van der Waals surface area (Å²) in [7, 11) is 0. The van der Waals surface area contributed by atoms with Gasteiger partial charge in [0, 0.05) is 32.6 Å². The predicted molar refractivity (Wildman–Crippen MR) is 132 cm³/mol. The minimum atomic E-state index is -1.11. The SMILES string of the molecule is CC(=O)OC[C@H]1O[C@@H](n2cnc(-c3noc(C)n3)c2/N=C/Sc2ccccc2)[C@H](OC(C)=O)[C@@H]1OC(C)=O. The number of aliphatic imine (C=N–C) groups is 1. The van der Waals surface area contributed by atoms with Gasteiger partial charge in [-0.2, -0.15) is 4.98 Å². The van der Waals surface area contributed by atoms with Gasteiger partial charge in [-0.3, -0.25) is 19.0 Å². The number of esters is 3. The fourth-order valence-electron chi connectivity index (χ4n) is 3.77. The summed E-state index contributed by atoms with van der Waals surface area (Å²) in [6.45, 7) is 5.07. The van der Waals surface area contributed by atoms with Crippen molar-refractivity contribution in [3.05, 3.63) is 42.5 Å². The average molecular weight is 544 g/mol. The van der Waals surface area contributed by atoms with Crippen LogP contribution in [0.25, 0.3) is 11.5 Å². The summed E-state index contributed by atoms with van der Waals surface area (Å²) in [5.74, 6) is -1.03. The Morgan fingerprint density at radius 3 is 2.42 bits per heavy atom. The summed E-state index contributed by atoms with van der Waals surface area (Å²) in [5.41, 5.74) is 1.89. The number of ether oxygens (including phenoxy) is 4. The molecule has 4 atom stereocenters. The molecule has 1 aromatic carbocycles. The van der Waals surface area contributed by atoms with Gasteiger partial charge in [0.1, 0.15) is 12.7 Å². The van der Waals surface area contributed by atoms with E-state index in [-0.39, 0.29) is 23.9 Å². The maximum Gasteiger partial charge on any atom is 0.303 e. The van der Waals surface area contributed by atoms with Crippen LogP contribution < -0.4 is 0 Å². The van der Waals surface area contributed by atoms with Gasteiger partial charge in [0.25, 0.3) is 0 Å². The second-order valence-electron chi connectivity index (χ2n) is 8.14. The number of carbonyl (C=O) groups excluding carboxylic acids is 3. The molecule has 0 radical (unpaired) electrons. The van der Waals surface area contributed by atoms with Crippen molar-refractivity contribution in [1.29, 1.82) is 0 Å². The van der Waals surface area contributed by atoms with Gasteiger partial charge in [0.2, 0.25) is 11.7 Å². The highest BCUT2D eigenvalue weighted by Gasteiger charge is 2.51. The van der Waals surface area contributed by atoms with E-state index in [4.69, 9.17) is 23.5 Å². The molecule has 3 aromatic rings. The van der Waals surface area contributed by atoms with Crippen LogP contribution in [0, 0.1) is 6.92 Å². The van der Waals surface area contributed by atoms with Gasteiger partial charge in [-0.15, -0.1) is 0 Å². The van der Waals surface area contributed by atoms with Crippen LogP contribution in [0.1, 0.15) is 32.9 Å². The maximum absolute atomic E-state index is 12.0. The van der Waals surface area contributed by atoms with Crippen molar-refractivity contribution in [3.63, 3.8) is 0 Å². The van der Waals surface area contributed by atoms with E-state index in [2.05, 4.69) is 20.1 Å². The number of rotatable bonds is 9. The summed E-state index contributed by atoms with van der Waals surface area (Å²) >= 11 is 1.36. The lowest BCUT2D eigenvalue weighted by Crippen LogP contribution is -2.40. The molecule has 0 N–H and O–H groups in total. The van der Waals surface area contributed by atoms with E-state index in [1.54, 1.807) is 12.5 Å². The normalized spacial score (nSPS) is 20.9. The van der Waals surface area contributed by atoms with Gasteiger partial charge in [0.15, 0.2) is 29.9 Å². The summed E-state index contributed by atoms with van der Waals surface area (Å²) in [5, 5.41) is 3.94. The first kappa shape index (κ1) is 27.0. The number of thioether (sulfide) groups is 1. The van der Waals surface area contributed by atoms with Crippen molar-refractivity contribution in [1.82, 2.24) is 19.7 Å². The third-order valence-corrected chi connectivity index (χ3v) is 5.98. The Morgan fingerprint density at radius 1 is 1.08 bits per heavy atom. The molecule has 38 heavy (non-hydrogen) atoms. The van der Waals surface area contributed by atoms with Crippen molar-refractivity contribution in [2.75, 3.05) is 6.61 Å². The van der Waals surface area contributed by atoms with E-state index in [0.717, 1.165) is 4.90 Å². The average Bonchev–Trinajstić information content (AvgIpc) is 3.56. The van der Waals surface area contributed by atoms with Crippen LogP contribution in [0.5, 0.6) is 0 Å². The predicted octanol–water partition coefficient (Wildman–Crippen LogP) is 3.02. The number of benzene rings is 1. The van der Waals surface area contributed by atoms with E-state index >= 15 is 0 Å². The Bertz CT molecular complexity index is 1320. The Kier molecular flexibility index (Phi) is 8.53. The summed E-state index contributed by atoms with van der Waals surface area (Å²) in [4.78, 5) is 49.6. The molecule has 1 aliphatic heterocycles. The highest BCUT2D eigenvalue weighted by molar-refractivity contribution is 8.12. The smallest absolute Gasteiger partial charge is 0.303 e. The minimum Gasteiger partial charge on any atom is -0.463 e. The van der Waals surface area contributed by atoms with Crippen molar-refractivity contribution in [2.45, 2.75) is 57.1 Å². The largest absolute Gasteiger partial charge is 0.463 e. The number of aromatic nitrogens is 4. The first-order valence-electron chi connectivity index (χ1n) is 11.5. The summed E-state index contributed by atoms with van der Waals surface area (Å²) in [6.07, 6.45) is -2.75. The fraction of sp³-hybridized carbons (Fsp3) is 0.375. The van der Waals surface area contributed by atoms with Gasteiger partial charge in [0.05, 0.1) is 11.9 Å². The van der Waals surface area contributed by atoms with Crippen LogP contribution in [0.2, 0.25) is 0 Å². The Balaban J connectivity index is 1.75. The molecule has 3 heterocycles. The number of hydrogen-bond donors (Lipinski definition) is 0. The minimum absolute atomic E-state index is 0.188. The molecule has 200 valence electrons. The second kappa shape index (κ2) is 12.0. The van der Waals surface area contributed by atoms with E-state index in [0.29, 0.717) is 5.89 Å². The van der Waals surface area contributed by atoms with Gasteiger partial charge in [-0.25, -0.2) is 9.98 Å². The molecule has 0 amide bonds. The second-order valence-corrected chi connectivity index (χ2v) is 9.06. The molecule has 14 heteroatoms. The molecule has 1 fully saturated rings. The quantitative estimate of drug-likeness (QED) is 0.128. The third-order valence-electron chi connectivity index (χ3n) is 5.23. The third kappa shape index (κ3) is 6.44. The zero-order valence-corrected chi connectivity index (χ0v) is 21.8. The van der Waals surface area contributed by atoms with E-state index in [1.165, 1.54) is 43.4 Å². The summed E-state index contributed by atoms with van der Waals surface area (Å²) in [6, 6.07) is 9.57. The Morgan fingerprint density at radius 2 is 1.79 bits per heavy atom. The standard InChI is InChI=1S/C24H25N5O8S/c1-13-27-22(28-37-13)19-23(26-12-38-17-8-6-5-7-9-17)29(11-25-19)24-21(35-16(4)32)20(34-15(3)31)18(36-24)10-33-14(2)30/h5-9,11-12,18,20-21,24H,10H2,1-4H3/b26-12+/t18-,20-,21-,24-/m1/s1. The summed E-state index contributed by atoms with van der Waals surface area (Å²) < 4.78 is 28.9. The molecular weight excluding hydrogens is 518 g/mol. The number of nitrogens with zero attached hydrogens (tertiary/aromatic N) is 5. The highest BCUT2D eigenvalue weighted by atomic mass is 32.2. The zero-order chi connectivity index (χ0) is 27.2. The van der Waals surface area contributed by atoms with E-state index in [9.17, 15) is 14.4 Å². The lowest BCUT2D eigenvalue weighted by molar-refractivity contribution is -0.166. The number of aryl methyl sites for hydroxylation is 1.